The van der Waals surface area contributed by atoms with Crippen molar-refractivity contribution in [2.24, 2.45) is 5.92 Å². The summed E-state index contributed by atoms with van der Waals surface area (Å²) in [5, 5.41) is 6.71. The molecule has 0 radical (unpaired) electrons. The van der Waals surface area contributed by atoms with Crippen molar-refractivity contribution in [1.82, 2.24) is 30.0 Å². The van der Waals surface area contributed by atoms with Gasteiger partial charge in [0.15, 0.2) is 0 Å². The van der Waals surface area contributed by atoms with Crippen LogP contribution >= 0.6 is 0 Å². The molecule has 3 aromatic rings. The number of amides is 3. The first kappa shape index (κ1) is 26.0. The fraction of sp³-hybridized carbons (Fsp3) is 0.444. The van der Waals surface area contributed by atoms with Gasteiger partial charge in [-0.15, -0.1) is 0 Å². The van der Waals surface area contributed by atoms with E-state index in [1.54, 1.807) is 30.6 Å². The third kappa shape index (κ3) is 4.48. The number of methoxy groups -OCH3 is 2. The molecule has 1 saturated carbocycles. The predicted octanol–water partition coefficient (Wildman–Crippen LogP) is 3.34. The number of hydrogen-bond donors (Lipinski definition) is 1. The minimum absolute atomic E-state index is 0.192. The number of anilines is 1. The minimum Gasteiger partial charge on any atom is -0.497 e. The van der Waals surface area contributed by atoms with Crippen LogP contribution in [0.15, 0.2) is 42.9 Å². The molecule has 3 aliphatic rings. The molecule has 1 spiro atoms. The largest absolute Gasteiger partial charge is 0.497 e. The Labute approximate surface area is 229 Å². The molecule has 0 bridgehead atoms. The molecule has 3 fully saturated rings. The molecule has 0 unspecified atom stereocenters. The van der Waals surface area contributed by atoms with Crippen molar-refractivity contribution in [3.63, 3.8) is 0 Å². The fourth-order valence-corrected chi connectivity index (χ4v) is 5.65. The molecule has 6 rings (SSSR count). The van der Waals surface area contributed by atoms with Gasteiger partial charge in [0.25, 0.3) is 5.92 Å². The van der Waals surface area contributed by atoms with Gasteiger partial charge in [0.1, 0.15) is 11.7 Å². The summed E-state index contributed by atoms with van der Waals surface area (Å²) < 4.78 is 38.1. The Morgan fingerprint density at radius 1 is 1.18 bits per heavy atom. The summed E-state index contributed by atoms with van der Waals surface area (Å²) in [5.74, 6) is -3.50. The maximum absolute atomic E-state index is 14.0. The molecule has 1 atom stereocenters. The number of nitrogens with one attached hydrogen (secondary N) is 1. The van der Waals surface area contributed by atoms with Gasteiger partial charge in [-0.1, -0.05) is 12.1 Å². The van der Waals surface area contributed by atoms with Crippen LogP contribution < -0.4 is 14.4 Å². The van der Waals surface area contributed by atoms with Gasteiger partial charge in [-0.3, -0.25) is 14.8 Å². The van der Waals surface area contributed by atoms with Gasteiger partial charge >= 0.3 is 6.03 Å². The van der Waals surface area contributed by atoms with Crippen molar-refractivity contribution >= 4 is 17.9 Å². The van der Waals surface area contributed by atoms with Crippen LogP contribution in [0.1, 0.15) is 24.8 Å². The van der Waals surface area contributed by atoms with Gasteiger partial charge in [-0.05, 0) is 30.5 Å². The van der Waals surface area contributed by atoms with Crippen LogP contribution in [0.3, 0.4) is 0 Å². The number of alkyl halides is 2. The monoisotopic (exact) mass is 553 g/mol. The highest BCUT2D eigenvalue weighted by atomic mass is 19.3. The second-order valence-electron chi connectivity index (χ2n) is 10.5. The molecule has 2 aliphatic heterocycles. The van der Waals surface area contributed by atoms with Gasteiger partial charge < -0.3 is 19.3 Å². The number of ether oxygens (including phenoxy) is 2. The molecule has 1 aromatic carbocycles. The highest BCUT2D eigenvalue weighted by Gasteiger charge is 2.63. The summed E-state index contributed by atoms with van der Waals surface area (Å²) in [6, 6.07) is 7.19. The number of piperidine rings is 1. The van der Waals surface area contributed by atoms with Crippen molar-refractivity contribution < 1.29 is 27.8 Å². The number of H-pyrrole nitrogens is 1. The standard InChI is InChI=1S/C27H29F2N7O4/c1-39-19-5-3-4-17(10-19)15-36-25(38)35(24-30-14-20(22(33-24)40-2)18-12-31-32-13-18)16-26(36)6-8-34(9-7-26)23(37)21-11-27(21,28)29/h3-5,10,12-14,21H,6-9,11,15-16H2,1-2H3,(H,31,32)/t21-/m0/s1. The Kier molecular flexibility index (Phi) is 6.31. The zero-order valence-corrected chi connectivity index (χ0v) is 22.1. The van der Waals surface area contributed by atoms with E-state index in [0.717, 1.165) is 11.1 Å². The van der Waals surface area contributed by atoms with Crippen molar-refractivity contribution in [3.8, 4) is 22.8 Å². The van der Waals surface area contributed by atoms with Crippen LogP contribution in [-0.4, -0.2) is 87.2 Å². The number of urea groups is 1. The topological polar surface area (TPSA) is 117 Å². The third-order valence-electron chi connectivity index (χ3n) is 8.08. The second-order valence-corrected chi connectivity index (χ2v) is 10.5. The van der Waals surface area contributed by atoms with E-state index in [1.165, 1.54) is 16.9 Å². The van der Waals surface area contributed by atoms with E-state index in [4.69, 9.17) is 9.47 Å². The van der Waals surface area contributed by atoms with Crippen LogP contribution in [-0.2, 0) is 11.3 Å². The number of carbonyl (C=O) groups excluding carboxylic acids is 2. The first-order valence-electron chi connectivity index (χ1n) is 13.0. The lowest BCUT2D eigenvalue weighted by Crippen LogP contribution is -2.55. The summed E-state index contributed by atoms with van der Waals surface area (Å²) in [6.45, 7) is 1.15. The van der Waals surface area contributed by atoms with Gasteiger partial charge in [-0.2, -0.15) is 10.1 Å². The summed E-state index contributed by atoms with van der Waals surface area (Å²) >= 11 is 0. The maximum atomic E-state index is 14.0. The third-order valence-corrected chi connectivity index (χ3v) is 8.08. The van der Waals surface area contributed by atoms with Crippen LogP contribution in [0.2, 0.25) is 0 Å². The van der Waals surface area contributed by atoms with E-state index < -0.39 is 29.7 Å². The van der Waals surface area contributed by atoms with E-state index in [1.807, 2.05) is 24.3 Å². The second kappa shape index (κ2) is 9.72. The molecule has 4 heterocycles. The number of halogens is 2. The SMILES string of the molecule is COc1cccc(CN2C(=O)N(c3ncc(-c4cn[nH]c4)c(OC)n3)CC23CCN(C(=O)[C@@H]2CC2(F)F)CC3)c1. The zero-order chi connectivity index (χ0) is 28.1. The zero-order valence-electron chi connectivity index (χ0n) is 22.1. The number of hydrogen-bond acceptors (Lipinski definition) is 7. The average molecular weight is 554 g/mol. The van der Waals surface area contributed by atoms with E-state index in [9.17, 15) is 18.4 Å². The predicted molar refractivity (Wildman–Crippen MR) is 139 cm³/mol. The lowest BCUT2D eigenvalue weighted by molar-refractivity contribution is -0.137. The lowest BCUT2D eigenvalue weighted by Gasteiger charge is -2.43. The van der Waals surface area contributed by atoms with Gasteiger partial charge in [0, 0.05) is 44.0 Å². The smallest absolute Gasteiger partial charge is 0.327 e. The van der Waals surface area contributed by atoms with Crippen molar-refractivity contribution in [2.75, 3.05) is 38.8 Å². The first-order valence-corrected chi connectivity index (χ1v) is 13.0. The fourth-order valence-electron chi connectivity index (χ4n) is 5.65. The molecular formula is C27H29F2N7O4. The number of carbonyl (C=O) groups is 2. The van der Waals surface area contributed by atoms with E-state index in [-0.39, 0.29) is 31.6 Å². The molecule has 13 heteroatoms. The number of likely N-dealkylation sites (tertiary alicyclic amines) is 1. The summed E-state index contributed by atoms with van der Waals surface area (Å²) in [7, 11) is 3.08. The van der Waals surface area contributed by atoms with Crippen LogP contribution in [0.25, 0.3) is 11.1 Å². The average Bonchev–Trinajstić information content (AvgIpc) is 3.27. The Morgan fingerprint density at radius 3 is 2.60 bits per heavy atom. The quantitative estimate of drug-likeness (QED) is 0.477. The number of rotatable bonds is 7. The molecular weight excluding hydrogens is 524 g/mol. The highest BCUT2D eigenvalue weighted by molar-refractivity contribution is 5.94. The molecule has 2 saturated heterocycles. The molecule has 11 nitrogen and oxygen atoms in total. The van der Waals surface area contributed by atoms with Gasteiger partial charge in [0.05, 0.1) is 38.1 Å². The lowest BCUT2D eigenvalue weighted by atomic mass is 9.86. The van der Waals surface area contributed by atoms with E-state index in [2.05, 4.69) is 20.2 Å². The molecule has 1 N–H and O–H groups in total. The molecule has 40 heavy (non-hydrogen) atoms. The molecule has 2 aromatic heterocycles. The first-order chi connectivity index (χ1) is 19.2. The highest BCUT2D eigenvalue weighted by Crippen LogP contribution is 2.50. The molecule has 3 amide bonds. The number of aromatic nitrogens is 4. The Morgan fingerprint density at radius 2 is 1.95 bits per heavy atom. The minimum atomic E-state index is -2.91. The van der Waals surface area contributed by atoms with Crippen molar-refractivity contribution in [3.05, 3.63) is 48.4 Å². The van der Waals surface area contributed by atoms with Crippen LogP contribution in [0, 0.1) is 5.92 Å². The van der Waals surface area contributed by atoms with Gasteiger partial charge in [0.2, 0.25) is 17.7 Å². The molecule has 1 aliphatic carbocycles. The van der Waals surface area contributed by atoms with Gasteiger partial charge in [-0.25, -0.2) is 18.6 Å². The van der Waals surface area contributed by atoms with E-state index in [0.29, 0.717) is 36.6 Å². The number of benzene rings is 1. The summed E-state index contributed by atoms with van der Waals surface area (Å²) in [6.07, 6.45) is 5.39. The Balaban J connectivity index is 1.29. The summed E-state index contributed by atoms with van der Waals surface area (Å²) in [5.41, 5.74) is 1.59. The Hall–Kier alpha value is -4.29. The normalized spacial score (nSPS) is 21.1. The van der Waals surface area contributed by atoms with Crippen LogP contribution in [0.4, 0.5) is 19.5 Å². The maximum Gasteiger partial charge on any atom is 0.327 e. The molecule has 210 valence electrons. The van der Waals surface area contributed by atoms with Crippen molar-refractivity contribution in [2.45, 2.75) is 37.3 Å². The number of nitrogens with zero attached hydrogens (tertiary/aromatic N) is 6. The van der Waals surface area contributed by atoms with Crippen LogP contribution in [0.5, 0.6) is 11.6 Å². The Bertz CT molecular complexity index is 1430. The van der Waals surface area contributed by atoms with E-state index >= 15 is 0 Å². The number of aromatic amines is 1. The summed E-state index contributed by atoms with van der Waals surface area (Å²) in [4.78, 5) is 40.5. The van der Waals surface area contributed by atoms with Crippen molar-refractivity contribution in [1.29, 1.82) is 0 Å².